The van der Waals surface area contributed by atoms with Crippen LogP contribution in [0.15, 0.2) is 41.8 Å². The third-order valence-corrected chi connectivity index (χ3v) is 15.9. The predicted octanol–water partition coefficient (Wildman–Crippen LogP) is 10.6. The summed E-state index contributed by atoms with van der Waals surface area (Å²) in [5.74, 6) is 3.12. The minimum Gasteiger partial charge on any atom is -0.540 e. The zero-order valence-electron chi connectivity index (χ0n) is 27.6. The molecule has 3 aromatic rings. The zero-order valence-corrected chi connectivity index (χ0v) is 29.4. The summed E-state index contributed by atoms with van der Waals surface area (Å²) in [4.78, 5) is 1.13. The Morgan fingerprint density at radius 1 is 0.930 bits per heavy atom. The second-order valence-corrected chi connectivity index (χ2v) is 19.7. The lowest BCUT2D eigenvalue weighted by atomic mass is 9.83. The molecule has 5 nitrogen and oxygen atoms in total. The molecule has 1 aromatic heterocycles. The molecule has 43 heavy (non-hydrogen) atoms. The first-order valence-electron chi connectivity index (χ1n) is 15.3. The van der Waals surface area contributed by atoms with E-state index in [4.69, 9.17) is 18.6 Å². The van der Waals surface area contributed by atoms with Crippen molar-refractivity contribution in [2.75, 3.05) is 19.5 Å². The van der Waals surface area contributed by atoms with Gasteiger partial charge in [-0.25, -0.2) is 0 Å². The molecule has 0 fully saturated rings. The van der Waals surface area contributed by atoms with Crippen LogP contribution in [-0.2, 0) is 11.3 Å². The molecule has 230 valence electrons. The average molecular weight is 618 g/mol. The number of fused-ring (bicyclic) bond motifs is 5. The van der Waals surface area contributed by atoms with Gasteiger partial charge in [0.15, 0.2) is 5.75 Å². The fourth-order valence-corrected chi connectivity index (χ4v) is 13.5. The van der Waals surface area contributed by atoms with E-state index in [2.05, 4.69) is 109 Å². The van der Waals surface area contributed by atoms with Gasteiger partial charge in [-0.05, 0) is 84.3 Å². The summed E-state index contributed by atoms with van der Waals surface area (Å²) in [6.07, 6.45) is 4.47. The van der Waals surface area contributed by atoms with Crippen LogP contribution in [0.3, 0.4) is 0 Å². The highest BCUT2D eigenvalue weighted by Gasteiger charge is 2.48. The molecule has 7 heteroatoms. The van der Waals surface area contributed by atoms with Crippen LogP contribution in [0.1, 0.15) is 83.9 Å². The van der Waals surface area contributed by atoms with E-state index in [9.17, 15) is 0 Å². The topological polar surface area (TPSA) is 49.0 Å². The SMILES string of the molecule is COCc1ccsc1/C=C1\Oc2ccc(O[Si](C(C)C)(C(C)C)C(C)C)c(OC)c2-c2ccc3c(c21)C(C)=CC(C)(C)N3. The number of thiophene rings is 1. The number of nitrogens with one attached hydrogen (secondary N) is 1. The van der Waals surface area contributed by atoms with Gasteiger partial charge in [0.25, 0.3) is 8.32 Å². The predicted molar refractivity (Wildman–Crippen MR) is 185 cm³/mol. The fourth-order valence-electron chi connectivity index (χ4n) is 7.43. The summed E-state index contributed by atoms with van der Waals surface area (Å²) in [5, 5.41) is 5.84. The van der Waals surface area contributed by atoms with E-state index in [-0.39, 0.29) is 5.54 Å². The van der Waals surface area contributed by atoms with E-state index in [1.807, 2.05) is 6.07 Å². The smallest absolute Gasteiger partial charge is 0.258 e. The molecular weight excluding hydrogens is 571 g/mol. The molecule has 1 N–H and O–H groups in total. The van der Waals surface area contributed by atoms with Gasteiger partial charge in [0.05, 0.1) is 24.8 Å². The first kappa shape index (κ1) is 31.4. The average Bonchev–Trinajstić information content (AvgIpc) is 3.36. The van der Waals surface area contributed by atoms with Crippen LogP contribution in [0, 0.1) is 0 Å². The van der Waals surface area contributed by atoms with E-state index < -0.39 is 8.32 Å². The van der Waals surface area contributed by atoms with E-state index in [1.54, 1.807) is 25.6 Å². The lowest BCUT2D eigenvalue weighted by Gasteiger charge is -2.42. The number of methoxy groups -OCH3 is 2. The minimum absolute atomic E-state index is 0.154. The third kappa shape index (κ3) is 5.45. The molecule has 0 radical (unpaired) electrons. The van der Waals surface area contributed by atoms with E-state index in [0.717, 1.165) is 61.4 Å². The normalized spacial score (nSPS) is 16.4. The number of allylic oxidation sites excluding steroid dienone is 1. The van der Waals surface area contributed by atoms with Crippen molar-refractivity contribution >= 4 is 42.7 Å². The van der Waals surface area contributed by atoms with Gasteiger partial charge in [0.1, 0.15) is 17.3 Å². The van der Waals surface area contributed by atoms with Gasteiger partial charge >= 0.3 is 0 Å². The van der Waals surface area contributed by atoms with Gasteiger partial charge in [0, 0.05) is 34.4 Å². The van der Waals surface area contributed by atoms with E-state index in [1.165, 1.54) is 5.57 Å². The van der Waals surface area contributed by atoms with Crippen LogP contribution >= 0.6 is 11.3 Å². The van der Waals surface area contributed by atoms with Crippen molar-refractivity contribution in [3.8, 4) is 28.4 Å². The molecule has 0 saturated heterocycles. The Morgan fingerprint density at radius 2 is 1.63 bits per heavy atom. The van der Waals surface area contributed by atoms with E-state index in [0.29, 0.717) is 23.2 Å². The first-order chi connectivity index (χ1) is 20.3. The Labute approximate surface area is 263 Å². The quantitative estimate of drug-likeness (QED) is 0.242. The van der Waals surface area contributed by atoms with Crippen LogP contribution < -0.4 is 19.2 Å². The Hall–Kier alpha value is -3.00. The Balaban J connectivity index is 1.77. The van der Waals surface area contributed by atoms with Crippen LogP contribution in [-0.4, -0.2) is 28.1 Å². The van der Waals surface area contributed by atoms with Gasteiger partial charge in [0.2, 0.25) is 0 Å². The second-order valence-electron chi connectivity index (χ2n) is 13.3. The van der Waals surface area contributed by atoms with Crippen LogP contribution in [0.4, 0.5) is 5.69 Å². The number of hydrogen-bond acceptors (Lipinski definition) is 6. The summed E-state index contributed by atoms with van der Waals surface area (Å²) >= 11 is 1.69. The molecule has 2 aliphatic heterocycles. The summed E-state index contributed by atoms with van der Waals surface area (Å²) in [5.41, 5.74) is 8.86. The van der Waals surface area contributed by atoms with Crippen LogP contribution in [0.5, 0.6) is 17.2 Å². The van der Waals surface area contributed by atoms with E-state index >= 15 is 0 Å². The van der Waals surface area contributed by atoms with Crippen molar-refractivity contribution in [2.24, 2.45) is 0 Å². The van der Waals surface area contributed by atoms with Gasteiger partial charge in [-0.2, -0.15) is 0 Å². The maximum Gasteiger partial charge on any atom is 0.258 e. The van der Waals surface area contributed by atoms with Gasteiger partial charge in [-0.15, -0.1) is 11.3 Å². The molecule has 0 aliphatic carbocycles. The zero-order chi connectivity index (χ0) is 31.3. The lowest BCUT2D eigenvalue weighted by molar-refractivity contribution is 0.185. The summed E-state index contributed by atoms with van der Waals surface area (Å²) in [7, 11) is 1.24. The summed E-state index contributed by atoms with van der Waals surface area (Å²) in [6.45, 7) is 21.0. The minimum atomic E-state index is -2.24. The molecule has 5 rings (SSSR count). The highest BCUT2D eigenvalue weighted by Crippen LogP contribution is 2.56. The van der Waals surface area contributed by atoms with Crippen molar-refractivity contribution in [3.63, 3.8) is 0 Å². The Morgan fingerprint density at radius 3 is 2.26 bits per heavy atom. The van der Waals surface area contributed by atoms with Gasteiger partial charge in [-0.3, -0.25) is 0 Å². The Kier molecular flexibility index (Phi) is 8.64. The fraction of sp³-hybridized carbons (Fsp3) is 0.444. The monoisotopic (exact) mass is 617 g/mol. The maximum absolute atomic E-state index is 7.21. The van der Waals surface area contributed by atoms with Crippen LogP contribution in [0.25, 0.3) is 28.5 Å². The Bertz CT molecular complexity index is 1560. The standard InChI is InChI=1S/C36H47NO4SSi/c1-21(2)43(22(3)4,23(5)6)41-29-15-14-28-34(35(29)39-11)26-12-13-27-32(24(7)19-36(8,9)37-27)33(26)30(40-28)18-31-25(20-38-10)16-17-42-31/h12-19,21-23,37H,20H2,1-11H3/b30-18-. The second kappa shape index (κ2) is 11.8. The number of hydrogen-bond donors (Lipinski definition) is 1. The molecule has 2 aliphatic rings. The molecule has 0 unspecified atom stereocenters. The number of rotatable bonds is 9. The van der Waals surface area contributed by atoms with Crippen molar-refractivity contribution in [2.45, 2.75) is 91.1 Å². The lowest BCUT2D eigenvalue weighted by Crippen LogP contribution is -2.50. The summed E-state index contributed by atoms with van der Waals surface area (Å²) in [6, 6.07) is 10.6. The third-order valence-electron chi connectivity index (χ3n) is 8.99. The molecule has 0 saturated carbocycles. The van der Waals surface area contributed by atoms with Crippen LogP contribution in [0.2, 0.25) is 16.6 Å². The highest BCUT2D eigenvalue weighted by molar-refractivity contribution is 7.11. The van der Waals surface area contributed by atoms with Crippen molar-refractivity contribution in [1.29, 1.82) is 0 Å². The molecular formula is C36H47NO4SSi. The first-order valence-corrected chi connectivity index (χ1v) is 18.4. The van der Waals surface area contributed by atoms with Gasteiger partial charge in [-0.1, -0.05) is 53.7 Å². The molecule has 0 bridgehead atoms. The molecule has 0 atom stereocenters. The largest absolute Gasteiger partial charge is 0.540 e. The van der Waals surface area contributed by atoms with Crippen molar-refractivity contribution < 1.29 is 18.6 Å². The maximum atomic E-state index is 7.21. The van der Waals surface area contributed by atoms with Crippen molar-refractivity contribution in [1.82, 2.24) is 0 Å². The molecule has 3 heterocycles. The number of anilines is 1. The molecule has 0 spiro atoms. The summed E-state index contributed by atoms with van der Waals surface area (Å²) < 4.78 is 25.8. The van der Waals surface area contributed by atoms with Crippen molar-refractivity contribution in [3.05, 3.63) is 63.4 Å². The molecule has 0 amide bonds. The molecule has 2 aromatic carbocycles. The number of benzene rings is 2. The number of ether oxygens (including phenoxy) is 3. The van der Waals surface area contributed by atoms with Gasteiger partial charge < -0.3 is 24.0 Å². The highest BCUT2D eigenvalue weighted by atomic mass is 32.1.